The van der Waals surface area contributed by atoms with Crippen molar-refractivity contribution in [3.05, 3.63) is 220 Å². The molecule has 61 heavy (non-hydrogen) atoms. The van der Waals surface area contributed by atoms with Crippen molar-refractivity contribution in [1.29, 1.82) is 0 Å². The van der Waals surface area contributed by atoms with E-state index in [-0.39, 0.29) is 10.8 Å². The molecule has 3 aliphatic rings. The van der Waals surface area contributed by atoms with Gasteiger partial charge in [0.25, 0.3) is 0 Å². The summed E-state index contributed by atoms with van der Waals surface area (Å²) in [6, 6.07) is 65.3. The Morgan fingerprint density at radius 2 is 0.820 bits per heavy atom. The van der Waals surface area contributed by atoms with Gasteiger partial charge < -0.3 is 4.90 Å². The Hall–Kier alpha value is -6.44. The van der Waals surface area contributed by atoms with Crippen LogP contribution >= 0.6 is 0 Å². The van der Waals surface area contributed by atoms with E-state index in [1.165, 1.54) is 72.3 Å². The lowest BCUT2D eigenvalue weighted by molar-refractivity contribution is 0.588. The van der Waals surface area contributed by atoms with Gasteiger partial charge in [0, 0.05) is 26.6 Å². The summed E-state index contributed by atoms with van der Waals surface area (Å²) in [5, 5.41) is 0. The van der Waals surface area contributed by atoms with Crippen LogP contribution in [-0.2, 0) is 21.7 Å². The number of anilines is 3. The Labute approximate surface area is 366 Å². The summed E-state index contributed by atoms with van der Waals surface area (Å²) >= 11 is 0. The van der Waals surface area contributed by atoms with Crippen molar-refractivity contribution in [2.45, 2.75) is 77.0 Å². The van der Waals surface area contributed by atoms with E-state index < -0.39 is 17.7 Å². The van der Waals surface area contributed by atoms with E-state index in [4.69, 9.17) is 4.11 Å². The second-order valence-electron chi connectivity index (χ2n) is 19.6. The first kappa shape index (κ1) is 34.3. The number of nitrogens with zero attached hydrogens (tertiary/aromatic N) is 1. The first-order valence-electron chi connectivity index (χ1n) is 23.3. The van der Waals surface area contributed by atoms with Crippen molar-refractivity contribution in [1.82, 2.24) is 0 Å². The van der Waals surface area contributed by atoms with E-state index >= 15 is 0 Å². The molecule has 11 rings (SSSR count). The molecule has 8 aromatic rings. The van der Waals surface area contributed by atoms with Crippen molar-refractivity contribution in [3.8, 4) is 44.5 Å². The van der Waals surface area contributed by atoms with E-state index in [9.17, 15) is 0 Å². The summed E-state index contributed by atoms with van der Waals surface area (Å²) in [5.41, 5.74) is 21.7. The van der Waals surface area contributed by atoms with Crippen LogP contribution in [0.2, 0.25) is 0 Å². The molecule has 0 aromatic heterocycles. The molecule has 1 unspecified atom stereocenters. The first-order chi connectivity index (χ1) is 30.5. The zero-order valence-electron chi connectivity index (χ0n) is 39.2. The number of hydrogen-bond acceptors (Lipinski definition) is 1. The van der Waals surface area contributed by atoms with Crippen LogP contribution < -0.4 is 4.90 Å². The van der Waals surface area contributed by atoms with Crippen LogP contribution in [0.1, 0.15) is 104 Å². The Morgan fingerprint density at radius 1 is 0.377 bits per heavy atom. The normalized spacial score (nSPS) is 17.3. The van der Waals surface area contributed by atoms with E-state index in [1.54, 1.807) is 13.8 Å². The molecule has 298 valence electrons. The average Bonchev–Trinajstić information content (AvgIpc) is 3.84. The van der Waals surface area contributed by atoms with Gasteiger partial charge >= 0.3 is 0 Å². The molecule has 0 saturated heterocycles. The molecule has 0 amide bonds. The molecule has 0 saturated carbocycles. The summed E-state index contributed by atoms with van der Waals surface area (Å²) in [6.07, 6.45) is 0. The van der Waals surface area contributed by atoms with Gasteiger partial charge in [-0.25, -0.2) is 0 Å². The van der Waals surface area contributed by atoms with Crippen molar-refractivity contribution < 1.29 is 4.11 Å². The molecule has 1 atom stereocenters. The third-order valence-corrected chi connectivity index (χ3v) is 14.1. The second-order valence-corrected chi connectivity index (χ2v) is 19.6. The lowest BCUT2D eigenvalue weighted by Gasteiger charge is -2.33. The molecular formula is C60H53N. The van der Waals surface area contributed by atoms with Crippen LogP contribution in [0.3, 0.4) is 0 Å². The van der Waals surface area contributed by atoms with Crippen molar-refractivity contribution >= 4 is 17.1 Å². The highest BCUT2D eigenvalue weighted by molar-refractivity contribution is 5.97. The summed E-state index contributed by atoms with van der Waals surface area (Å²) in [5.74, 6) is 0. The summed E-state index contributed by atoms with van der Waals surface area (Å²) in [4.78, 5) is 2.43. The van der Waals surface area contributed by atoms with Crippen LogP contribution in [-0.4, -0.2) is 0 Å². The minimum absolute atomic E-state index is 0.0200. The van der Waals surface area contributed by atoms with Crippen LogP contribution in [0, 0.1) is 0 Å². The molecule has 0 aliphatic heterocycles. The quantitative estimate of drug-likeness (QED) is 0.172. The Morgan fingerprint density at radius 3 is 1.43 bits per heavy atom. The molecule has 1 spiro atoms. The number of hydrogen-bond donors (Lipinski definition) is 0. The maximum absolute atomic E-state index is 8.14. The van der Waals surface area contributed by atoms with E-state index in [0.717, 1.165) is 33.8 Å². The predicted molar refractivity (Wildman–Crippen MR) is 258 cm³/mol. The van der Waals surface area contributed by atoms with Gasteiger partial charge in [-0.15, -0.1) is 0 Å². The standard InChI is InChI=1S/C60H53N/c1-57(2,3)40-25-21-38(22-26-40)39-23-28-42(29-24-39)61(43-31-34-52-50(36-43)47-17-9-12-18-51(47)59(52,7)8)44-30-33-49-46-16-11-14-20-54(46)60(56(49)37-44)53-19-13-10-15-45(53)48-32-27-41(35-55(48)60)58(4,5)6/h9-37H,1-8H3/i1D3. The average molecular weight is 791 g/mol. The molecule has 0 heterocycles. The number of rotatable bonds is 4. The molecule has 8 aromatic carbocycles. The topological polar surface area (TPSA) is 3.24 Å². The SMILES string of the molecule is [2H]C([2H])([2H])C(C)(C)c1ccc(-c2ccc(N(c3ccc4c(c3)-c3ccccc3C4(C)C)c3ccc4c(c3)C3(c5ccccc5-4)c4ccccc4-c4ccc(C(C)(C)C)cc43)cc2)cc1. The van der Waals surface area contributed by atoms with Gasteiger partial charge in [-0.2, -0.15) is 0 Å². The predicted octanol–water partition coefficient (Wildman–Crippen LogP) is 16.1. The van der Waals surface area contributed by atoms with E-state index in [2.05, 4.69) is 203 Å². The van der Waals surface area contributed by atoms with Gasteiger partial charge in [-0.05, 0) is 136 Å². The lowest BCUT2D eigenvalue weighted by atomic mass is 9.69. The van der Waals surface area contributed by atoms with Crippen LogP contribution in [0.15, 0.2) is 176 Å². The van der Waals surface area contributed by atoms with Gasteiger partial charge in [-0.1, -0.05) is 195 Å². The molecule has 0 fully saturated rings. The fraction of sp³-hybridized carbons (Fsp3) is 0.200. The minimum atomic E-state index is -2.10. The maximum atomic E-state index is 8.14. The van der Waals surface area contributed by atoms with Gasteiger partial charge in [0.15, 0.2) is 0 Å². The highest BCUT2D eigenvalue weighted by atomic mass is 15.1. The second kappa shape index (κ2) is 13.0. The zero-order chi connectivity index (χ0) is 44.6. The van der Waals surface area contributed by atoms with Crippen molar-refractivity contribution in [2.75, 3.05) is 4.90 Å². The van der Waals surface area contributed by atoms with Gasteiger partial charge in [-0.3, -0.25) is 0 Å². The first-order valence-corrected chi connectivity index (χ1v) is 21.8. The fourth-order valence-corrected chi connectivity index (χ4v) is 10.9. The van der Waals surface area contributed by atoms with Crippen molar-refractivity contribution in [3.63, 3.8) is 0 Å². The van der Waals surface area contributed by atoms with Gasteiger partial charge in [0.2, 0.25) is 0 Å². The number of benzene rings is 8. The van der Waals surface area contributed by atoms with Crippen LogP contribution in [0.4, 0.5) is 17.1 Å². The Bertz CT molecular complexity index is 3170. The third-order valence-electron chi connectivity index (χ3n) is 14.1. The molecule has 0 bridgehead atoms. The molecular weight excluding hydrogens is 735 g/mol. The Balaban J connectivity index is 1.11. The molecule has 1 heteroatoms. The van der Waals surface area contributed by atoms with Crippen LogP contribution in [0.25, 0.3) is 44.5 Å². The highest BCUT2D eigenvalue weighted by Gasteiger charge is 2.52. The molecule has 0 radical (unpaired) electrons. The lowest BCUT2D eigenvalue weighted by Crippen LogP contribution is -2.27. The van der Waals surface area contributed by atoms with Crippen molar-refractivity contribution in [2.24, 2.45) is 0 Å². The Kier molecular flexibility index (Phi) is 7.33. The summed E-state index contributed by atoms with van der Waals surface area (Å²) in [7, 11) is 0. The monoisotopic (exact) mass is 790 g/mol. The number of fused-ring (bicyclic) bond motifs is 13. The van der Waals surface area contributed by atoms with E-state index in [1.807, 2.05) is 12.1 Å². The third kappa shape index (κ3) is 5.46. The van der Waals surface area contributed by atoms with Gasteiger partial charge in [0.1, 0.15) is 0 Å². The van der Waals surface area contributed by atoms with E-state index in [0.29, 0.717) is 0 Å². The molecule has 1 nitrogen and oxygen atoms in total. The highest BCUT2D eigenvalue weighted by Crippen LogP contribution is 2.64. The zero-order valence-corrected chi connectivity index (χ0v) is 36.2. The molecule has 3 aliphatic carbocycles. The maximum Gasteiger partial charge on any atom is 0.0726 e. The largest absolute Gasteiger partial charge is 0.310 e. The smallest absolute Gasteiger partial charge is 0.0726 e. The minimum Gasteiger partial charge on any atom is -0.310 e. The molecule has 0 N–H and O–H groups in total. The van der Waals surface area contributed by atoms with Gasteiger partial charge in [0.05, 0.1) is 5.41 Å². The summed E-state index contributed by atoms with van der Waals surface area (Å²) in [6.45, 7) is 13.1. The summed E-state index contributed by atoms with van der Waals surface area (Å²) < 4.78 is 24.4. The van der Waals surface area contributed by atoms with Crippen LogP contribution in [0.5, 0.6) is 0 Å². The fourth-order valence-electron chi connectivity index (χ4n) is 10.9.